The highest BCUT2D eigenvalue weighted by Crippen LogP contribution is 2.42. The molecule has 0 saturated carbocycles. The van der Waals surface area contributed by atoms with Crippen molar-refractivity contribution in [2.45, 2.75) is 32.1 Å². The number of hydrogen-bond acceptors (Lipinski definition) is 3. The van der Waals surface area contributed by atoms with Crippen LogP contribution in [0.5, 0.6) is 0 Å². The molecule has 2 aromatic carbocycles. The predicted molar refractivity (Wildman–Crippen MR) is 111 cm³/mol. The fourth-order valence-electron chi connectivity index (χ4n) is 4.03. The van der Waals surface area contributed by atoms with Gasteiger partial charge in [-0.2, -0.15) is 0 Å². The molecule has 2 N–H and O–H groups in total. The first-order chi connectivity index (χ1) is 14.0. The molecule has 1 unspecified atom stereocenters. The highest BCUT2D eigenvalue weighted by atomic mass is 35.5. The van der Waals surface area contributed by atoms with Crippen molar-refractivity contribution in [1.29, 1.82) is 0 Å². The smallest absolute Gasteiger partial charge is 0.254 e. The van der Waals surface area contributed by atoms with E-state index in [9.17, 15) is 14.0 Å². The zero-order chi connectivity index (χ0) is 20.5. The van der Waals surface area contributed by atoms with Gasteiger partial charge in [-0.1, -0.05) is 35.9 Å². The molecule has 4 nitrogen and oxygen atoms in total. The molecule has 2 aromatic rings. The summed E-state index contributed by atoms with van der Waals surface area (Å²) in [4.78, 5) is 26.1. The SMILES string of the molecule is CC1=C(C(=O)Nc2ccccc2F)C(c2ccc(Cl)cc2)C2=C(CCCC2=O)N1. The van der Waals surface area contributed by atoms with Gasteiger partial charge >= 0.3 is 0 Å². The van der Waals surface area contributed by atoms with E-state index in [1.54, 1.807) is 24.3 Å². The van der Waals surface area contributed by atoms with Crippen molar-refractivity contribution in [1.82, 2.24) is 5.32 Å². The van der Waals surface area contributed by atoms with Gasteiger partial charge in [-0.3, -0.25) is 9.59 Å². The number of ketones is 1. The molecule has 1 aliphatic heterocycles. The lowest BCUT2D eigenvalue weighted by Crippen LogP contribution is -2.35. The second kappa shape index (κ2) is 7.84. The number of halogens is 2. The number of hydrogen-bond donors (Lipinski definition) is 2. The first-order valence-electron chi connectivity index (χ1n) is 9.51. The Morgan fingerprint density at radius 1 is 1.14 bits per heavy atom. The van der Waals surface area contributed by atoms with Crippen LogP contribution in [0.3, 0.4) is 0 Å². The molecule has 2 aliphatic rings. The van der Waals surface area contributed by atoms with Crippen molar-refractivity contribution in [2.75, 3.05) is 5.32 Å². The van der Waals surface area contributed by atoms with Crippen LogP contribution < -0.4 is 10.6 Å². The average Bonchev–Trinajstić information content (AvgIpc) is 2.69. The number of rotatable bonds is 3. The van der Waals surface area contributed by atoms with Gasteiger partial charge < -0.3 is 10.6 Å². The molecule has 0 spiro atoms. The molecular formula is C23H20ClFN2O2. The van der Waals surface area contributed by atoms with Gasteiger partial charge in [0, 0.05) is 39.9 Å². The Kier molecular flexibility index (Phi) is 5.24. The van der Waals surface area contributed by atoms with Gasteiger partial charge in [-0.25, -0.2) is 4.39 Å². The van der Waals surface area contributed by atoms with Gasteiger partial charge in [0.2, 0.25) is 0 Å². The van der Waals surface area contributed by atoms with E-state index >= 15 is 0 Å². The fraction of sp³-hybridized carbons (Fsp3) is 0.217. The second-order valence-electron chi connectivity index (χ2n) is 7.25. The van der Waals surface area contributed by atoms with Gasteiger partial charge in [0.05, 0.1) is 5.69 Å². The minimum absolute atomic E-state index is 0.0300. The van der Waals surface area contributed by atoms with Crippen LogP contribution in [0, 0.1) is 5.82 Å². The largest absolute Gasteiger partial charge is 0.362 e. The van der Waals surface area contributed by atoms with Crippen LogP contribution in [0.15, 0.2) is 71.1 Å². The Morgan fingerprint density at radius 3 is 2.59 bits per heavy atom. The third kappa shape index (κ3) is 3.70. The molecule has 4 rings (SSSR count). The first-order valence-corrected chi connectivity index (χ1v) is 9.89. The molecule has 148 valence electrons. The molecule has 6 heteroatoms. The van der Waals surface area contributed by atoms with E-state index in [0.717, 1.165) is 24.1 Å². The van der Waals surface area contributed by atoms with Crippen LogP contribution in [0.25, 0.3) is 0 Å². The van der Waals surface area contributed by atoms with E-state index in [2.05, 4.69) is 10.6 Å². The topological polar surface area (TPSA) is 58.2 Å². The number of nitrogens with one attached hydrogen (secondary N) is 2. The molecule has 0 aromatic heterocycles. The monoisotopic (exact) mass is 410 g/mol. The Balaban J connectivity index is 1.79. The van der Waals surface area contributed by atoms with Gasteiger partial charge in [0.15, 0.2) is 5.78 Å². The molecule has 0 fully saturated rings. The summed E-state index contributed by atoms with van der Waals surface area (Å²) >= 11 is 6.04. The van der Waals surface area contributed by atoms with E-state index in [0.29, 0.717) is 28.3 Å². The van der Waals surface area contributed by atoms with Gasteiger partial charge in [0.25, 0.3) is 5.91 Å². The van der Waals surface area contributed by atoms with Crippen LogP contribution in [-0.2, 0) is 9.59 Å². The van der Waals surface area contributed by atoms with Crippen LogP contribution >= 0.6 is 11.6 Å². The predicted octanol–water partition coefficient (Wildman–Crippen LogP) is 5.09. The van der Waals surface area contributed by atoms with Crippen LogP contribution in [0.4, 0.5) is 10.1 Å². The van der Waals surface area contributed by atoms with E-state index in [-0.39, 0.29) is 11.5 Å². The van der Waals surface area contributed by atoms with Crippen molar-refractivity contribution in [2.24, 2.45) is 0 Å². The zero-order valence-corrected chi connectivity index (χ0v) is 16.6. The molecule has 0 bridgehead atoms. The summed E-state index contributed by atoms with van der Waals surface area (Å²) in [6, 6.07) is 13.2. The minimum Gasteiger partial charge on any atom is -0.362 e. The summed E-state index contributed by atoms with van der Waals surface area (Å²) in [6.45, 7) is 1.81. The minimum atomic E-state index is -0.525. The van der Waals surface area contributed by atoms with Crippen molar-refractivity contribution >= 4 is 29.0 Å². The lowest BCUT2D eigenvalue weighted by molar-refractivity contribution is -0.116. The lowest BCUT2D eigenvalue weighted by Gasteiger charge is -2.34. The average molecular weight is 411 g/mol. The second-order valence-corrected chi connectivity index (χ2v) is 7.69. The highest BCUT2D eigenvalue weighted by molar-refractivity contribution is 6.30. The number of carbonyl (C=O) groups excluding carboxylic acids is 2. The summed E-state index contributed by atoms with van der Waals surface area (Å²) in [5, 5.41) is 6.48. The molecule has 1 aliphatic carbocycles. The number of amides is 1. The zero-order valence-electron chi connectivity index (χ0n) is 15.9. The van der Waals surface area contributed by atoms with Gasteiger partial charge in [0.1, 0.15) is 5.82 Å². The summed E-state index contributed by atoms with van der Waals surface area (Å²) in [7, 11) is 0. The maximum atomic E-state index is 14.1. The van der Waals surface area contributed by atoms with Crippen LogP contribution in [0.2, 0.25) is 5.02 Å². The third-order valence-electron chi connectivity index (χ3n) is 5.35. The number of allylic oxidation sites excluding steroid dienone is 3. The summed E-state index contributed by atoms with van der Waals surface area (Å²) in [5.41, 5.74) is 3.44. The van der Waals surface area contributed by atoms with E-state index in [1.165, 1.54) is 12.1 Å². The summed E-state index contributed by atoms with van der Waals surface area (Å²) in [6.07, 6.45) is 1.98. The molecule has 0 saturated heterocycles. The normalized spacial score (nSPS) is 19.0. The maximum Gasteiger partial charge on any atom is 0.254 e. The number of para-hydroxylation sites is 1. The van der Waals surface area contributed by atoms with Crippen molar-refractivity contribution in [3.8, 4) is 0 Å². The highest BCUT2D eigenvalue weighted by Gasteiger charge is 2.38. The maximum absolute atomic E-state index is 14.1. The van der Waals surface area contributed by atoms with Crippen molar-refractivity contribution in [3.05, 3.63) is 87.5 Å². The van der Waals surface area contributed by atoms with E-state index < -0.39 is 17.6 Å². The quantitative estimate of drug-likeness (QED) is 0.741. The number of dihydropyridines is 1. The van der Waals surface area contributed by atoms with Crippen molar-refractivity contribution in [3.63, 3.8) is 0 Å². The van der Waals surface area contributed by atoms with E-state index in [1.807, 2.05) is 19.1 Å². The summed E-state index contributed by atoms with van der Waals surface area (Å²) < 4.78 is 14.1. The number of anilines is 1. The Bertz CT molecular complexity index is 1060. The number of benzene rings is 2. The third-order valence-corrected chi connectivity index (χ3v) is 5.60. The fourth-order valence-corrected chi connectivity index (χ4v) is 4.15. The van der Waals surface area contributed by atoms with E-state index in [4.69, 9.17) is 11.6 Å². The standard InChI is InChI=1S/C23H20ClFN2O2/c1-13-20(23(29)27-17-6-3-2-5-16(17)25)21(14-9-11-15(24)12-10-14)22-18(26-13)7-4-8-19(22)28/h2-3,5-6,9-12,21,26H,4,7-8H2,1H3,(H,27,29). The lowest BCUT2D eigenvalue weighted by atomic mass is 9.75. The molecule has 29 heavy (non-hydrogen) atoms. The Hall–Kier alpha value is -2.92. The molecular weight excluding hydrogens is 391 g/mol. The molecule has 1 amide bonds. The van der Waals surface area contributed by atoms with Crippen LogP contribution in [-0.4, -0.2) is 11.7 Å². The van der Waals surface area contributed by atoms with Crippen LogP contribution in [0.1, 0.15) is 37.7 Å². The van der Waals surface area contributed by atoms with Gasteiger partial charge in [-0.05, 0) is 49.6 Å². The molecule has 1 atom stereocenters. The number of Topliss-reactive ketones (excluding diaryl/α,β-unsaturated/α-hetero) is 1. The molecule has 0 radical (unpaired) electrons. The summed E-state index contributed by atoms with van der Waals surface area (Å²) in [5.74, 6) is -1.45. The molecule has 1 heterocycles. The Morgan fingerprint density at radius 2 is 1.86 bits per heavy atom. The van der Waals surface area contributed by atoms with Crippen molar-refractivity contribution < 1.29 is 14.0 Å². The Labute approximate surface area is 173 Å². The number of carbonyl (C=O) groups is 2. The first kappa shape index (κ1) is 19.4. The van der Waals surface area contributed by atoms with Gasteiger partial charge in [-0.15, -0.1) is 0 Å².